The quantitative estimate of drug-likeness (QED) is 0.182. The summed E-state index contributed by atoms with van der Waals surface area (Å²) in [5.74, 6) is 1.36. The van der Waals surface area contributed by atoms with Gasteiger partial charge >= 0.3 is 0 Å². The van der Waals surface area contributed by atoms with Gasteiger partial charge in [0.1, 0.15) is 6.61 Å². The first-order valence-electron chi connectivity index (χ1n) is 9.40. The normalized spacial score (nSPS) is 10.9. The predicted molar refractivity (Wildman–Crippen MR) is 132 cm³/mol. The lowest BCUT2D eigenvalue weighted by molar-refractivity contribution is 0.267. The van der Waals surface area contributed by atoms with Gasteiger partial charge < -0.3 is 14.9 Å². The summed E-state index contributed by atoms with van der Waals surface area (Å²) in [4.78, 5) is 0. The molecular weight excluding hydrogens is 534 g/mol. The number of hydrogen-bond acceptors (Lipinski definition) is 4. The Bertz CT molecular complexity index is 1030. The Labute approximate surface area is 200 Å². The second-order valence-electron chi connectivity index (χ2n) is 6.33. The average Bonchev–Trinajstić information content (AvgIpc) is 2.73. The maximum atomic E-state index is 6.24. The highest BCUT2D eigenvalue weighted by molar-refractivity contribution is 14.1. The molecular formula is C23H21Cl2IN2O2. The number of hydrogen-bond donors (Lipinski definition) is 1. The highest BCUT2D eigenvalue weighted by Crippen LogP contribution is 2.35. The largest absolute Gasteiger partial charge is 0.490 e. The van der Waals surface area contributed by atoms with Gasteiger partial charge in [0.2, 0.25) is 0 Å². The van der Waals surface area contributed by atoms with Crippen molar-refractivity contribution in [3.63, 3.8) is 0 Å². The van der Waals surface area contributed by atoms with Gasteiger partial charge in [-0.15, -0.1) is 0 Å². The molecule has 0 radical (unpaired) electrons. The number of benzene rings is 3. The minimum absolute atomic E-state index is 0.364. The second-order valence-corrected chi connectivity index (χ2v) is 8.30. The minimum Gasteiger partial charge on any atom is -0.490 e. The van der Waals surface area contributed by atoms with Crippen molar-refractivity contribution in [3.05, 3.63) is 91.0 Å². The Balaban J connectivity index is 1.70. The number of ether oxygens (including phenoxy) is 2. The van der Waals surface area contributed by atoms with Gasteiger partial charge in [-0.25, -0.2) is 0 Å². The van der Waals surface area contributed by atoms with Crippen LogP contribution < -0.4 is 14.9 Å². The Kier molecular flexibility index (Phi) is 8.66. The van der Waals surface area contributed by atoms with Crippen molar-refractivity contribution in [1.82, 2.24) is 5.43 Å². The van der Waals surface area contributed by atoms with Crippen LogP contribution in [0, 0.1) is 3.57 Å². The van der Waals surface area contributed by atoms with Gasteiger partial charge in [-0.3, -0.25) is 0 Å². The van der Waals surface area contributed by atoms with E-state index >= 15 is 0 Å². The molecule has 0 heterocycles. The van der Waals surface area contributed by atoms with E-state index in [1.165, 1.54) is 0 Å². The van der Waals surface area contributed by atoms with Crippen molar-refractivity contribution >= 4 is 52.0 Å². The van der Waals surface area contributed by atoms with Gasteiger partial charge in [0.25, 0.3) is 0 Å². The molecule has 0 unspecified atom stereocenters. The number of nitrogens with zero attached hydrogens (tertiary/aromatic N) is 1. The molecule has 1 N–H and O–H groups in total. The Morgan fingerprint density at radius 3 is 2.30 bits per heavy atom. The van der Waals surface area contributed by atoms with E-state index in [0.29, 0.717) is 41.3 Å². The summed E-state index contributed by atoms with van der Waals surface area (Å²) >= 11 is 14.6. The summed E-state index contributed by atoms with van der Waals surface area (Å²) in [6, 6.07) is 19.2. The van der Waals surface area contributed by atoms with Crippen LogP contribution in [-0.4, -0.2) is 12.8 Å². The number of hydrazone groups is 1. The Morgan fingerprint density at radius 1 is 0.967 bits per heavy atom. The third-order valence-corrected chi connectivity index (χ3v) is 5.73. The summed E-state index contributed by atoms with van der Waals surface area (Å²) in [5, 5.41) is 5.70. The molecule has 3 rings (SSSR count). The van der Waals surface area contributed by atoms with Crippen LogP contribution in [0.25, 0.3) is 0 Å². The van der Waals surface area contributed by atoms with E-state index in [4.69, 9.17) is 32.7 Å². The molecule has 0 aliphatic rings. The first-order chi connectivity index (χ1) is 14.6. The lowest BCUT2D eigenvalue weighted by Crippen LogP contribution is -2.06. The molecule has 30 heavy (non-hydrogen) atoms. The highest BCUT2D eigenvalue weighted by atomic mass is 127. The highest BCUT2D eigenvalue weighted by Gasteiger charge is 2.13. The van der Waals surface area contributed by atoms with E-state index in [0.717, 1.165) is 20.3 Å². The first-order valence-corrected chi connectivity index (χ1v) is 11.2. The summed E-state index contributed by atoms with van der Waals surface area (Å²) in [6.07, 6.45) is 1.75. The van der Waals surface area contributed by atoms with E-state index in [1.54, 1.807) is 6.21 Å². The molecule has 0 aliphatic heterocycles. The summed E-state index contributed by atoms with van der Waals surface area (Å²) < 4.78 is 12.8. The molecule has 3 aromatic rings. The Hall–Kier alpha value is -1.96. The Morgan fingerprint density at radius 2 is 1.63 bits per heavy atom. The molecule has 0 aliphatic carbocycles. The third-order valence-electron chi connectivity index (χ3n) is 4.19. The van der Waals surface area contributed by atoms with Gasteiger partial charge in [0.05, 0.1) is 22.9 Å². The zero-order valence-corrected chi connectivity index (χ0v) is 20.0. The van der Waals surface area contributed by atoms with E-state index in [-0.39, 0.29) is 0 Å². The van der Waals surface area contributed by atoms with Crippen LogP contribution in [0.5, 0.6) is 11.5 Å². The van der Waals surface area contributed by atoms with Gasteiger partial charge in [-0.1, -0.05) is 59.6 Å². The predicted octanol–water partition coefficient (Wildman–Crippen LogP) is 6.70. The lowest BCUT2D eigenvalue weighted by atomic mass is 10.2. The monoisotopic (exact) mass is 554 g/mol. The van der Waals surface area contributed by atoms with Crippen molar-refractivity contribution in [3.8, 4) is 11.5 Å². The summed E-state index contributed by atoms with van der Waals surface area (Å²) in [7, 11) is 0. The molecule has 0 saturated carbocycles. The van der Waals surface area contributed by atoms with E-state index in [9.17, 15) is 0 Å². The van der Waals surface area contributed by atoms with Crippen molar-refractivity contribution in [2.75, 3.05) is 6.61 Å². The molecule has 0 bridgehead atoms. The molecule has 7 heteroatoms. The molecule has 156 valence electrons. The second kappa shape index (κ2) is 11.4. The van der Waals surface area contributed by atoms with Crippen molar-refractivity contribution < 1.29 is 9.47 Å². The fourth-order valence-electron chi connectivity index (χ4n) is 2.72. The number of halogens is 3. The minimum atomic E-state index is 0.364. The van der Waals surface area contributed by atoms with Crippen LogP contribution in [-0.2, 0) is 13.2 Å². The van der Waals surface area contributed by atoms with Gasteiger partial charge in [0, 0.05) is 15.6 Å². The fourth-order valence-corrected chi connectivity index (χ4v) is 3.90. The van der Waals surface area contributed by atoms with Crippen LogP contribution >= 0.6 is 45.8 Å². The smallest absolute Gasteiger partial charge is 0.175 e. The topological polar surface area (TPSA) is 42.8 Å². The maximum Gasteiger partial charge on any atom is 0.175 e. The van der Waals surface area contributed by atoms with Crippen LogP contribution in [0.2, 0.25) is 10.0 Å². The average molecular weight is 555 g/mol. The lowest BCUT2D eigenvalue weighted by Gasteiger charge is -2.15. The fraction of sp³-hybridized carbons (Fsp3) is 0.174. The zero-order chi connectivity index (χ0) is 21.3. The van der Waals surface area contributed by atoms with Gasteiger partial charge in [-0.05, 0) is 64.9 Å². The zero-order valence-electron chi connectivity index (χ0n) is 16.4. The van der Waals surface area contributed by atoms with E-state index in [1.807, 2.05) is 67.6 Å². The number of nitrogens with one attached hydrogen (secondary N) is 1. The van der Waals surface area contributed by atoms with E-state index in [2.05, 4.69) is 33.1 Å². The molecule has 0 saturated heterocycles. The van der Waals surface area contributed by atoms with Crippen LogP contribution in [0.4, 0.5) is 0 Å². The summed E-state index contributed by atoms with van der Waals surface area (Å²) in [5.41, 5.74) is 5.84. The van der Waals surface area contributed by atoms with Crippen molar-refractivity contribution in [2.45, 2.75) is 20.1 Å². The molecule has 0 spiro atoms. The molecule has 0 atom stereocenters. The van der Waals surface area contributed by atoms with E-state index < -0.39 is 0 Å². The number of rotatable bonds is 9. The van der Waals surface area contributed by atoms with Crippen LogP contribution in [0.15, 0.2) is 65.8 Å². The van der Waals surface area contributed by atoms with Crippen molar-refractivity contribution in [1.29, 1.82) is 0 Å². The van der Waals surface area contributed by atoms with Crippen molar-refractivity contribution in [2.24, 2.45) is 5.10 Å². The van der Waals surface area contributed by atoms with Gasteiger partial charge in [-0.2, -0.15) is 5.10 Å². The van der Waals surface area contributed by atoms with Gasteiger partial charge in [0.15, 0.2) is 11.5 Å². The summed E-state index contributed by atoms with van der Waals surface area (Å²) in [6.45, 7) is 3.38. The van der Waals surface area contributed by atoms with Crippen LogP contribution in [0.3, 0.4) is 0 Å². The first kappa shape index (κ1) is 22.7. The van der Waals surface area contributed by atoms with Crippen LogP contribution in [0.1, 0.15) is 23.6 Å². The third kappa shape index (κ3) is 6.27. The molecule has 4 nitrogen and oxygen atoms in total. The standard InChI is InChI=1S/C23H21Cl2IN2O2/c1-2-29-22-12-16(13-27-28-14-17-7-3-5-9-19(17)24)11-21(26)23(22)30-15-18-8-4-6-10-20(18)25/h3-13,28H,2,14-15H2,1H3/b27-13-. The molecule has 3 aromatic carbocycles. The maximum absolute atomic E-state index is 6.24. The SMILES string of the molecule is CCOc1cc(/C=N\NCc2ccccc2Cl)cc(I)c1OCc1ccccc1Cl. The molecule has 0 aromatic heterocycles. The molecule has 0 fully saturated rings. The molecule has 0 amide bonds.